The lowest BCUT2D eigenvalue weighted by molar-refractivity contribution is -0.134. The average Bonchev–Trinajstić information content (AvgIpc) is 3.17. The SMILES string of the molecule is CCOC(=O)c1csc(CN(C(=O)Cc2ccc(F)cc2)C2CCCCC2)n1. The summed E-state index contributed by atoms with van der Waals surface area (Å²) in [7, 11) is 0. The van der Waals surface area contributed by atoms with Crippen LogP contribution in [-0.2, 0) is 22.5 Å². The van der Waals surface area contributed by atoms with Gasteiger partial charge in [0.2, 0.25) is 5.91 Å². The van der Waals surface area contributed by atoms with Gasteiger partial charge in [0.15, 0.2) is 5.69 Å². The van der Waals surface area contributed by atoms with Gasteiger partial charge in [0.25, 0.3) is 0 Å². The van der Waals surface area contributed by atoms with Crippen LogP contribution >= 0.6 is 11.3 Å². The van der Waals surface area contributed by atoms with E-state index >= 15 is 0 Å². The summed E-state index contributed by atoms with van der Waals surface area (Å²) in [6.45, 7) is 2.44. The number of hydrogen-bond donors (Lipinski definition) is 0. The molecule has 0 aliphatic heterocycles. The van der Waals surface area contributed by atoms with Crippen LogP contribution in [0.2, 0.25) is 0 Å². The molecule has 28 heavy (non-hydrogen) atoms. The number of ether oxygens (including phenoxy) is 1. The second kappa shape index (κ2) is 9.78. The van der Waals surface area contributed by atoms with E-state index in [1.165, 1.54) is 29.9 Å². The van der Waals surface area contributed by atoms with Gasteiger partial charge in [-0.05, 0) is 37.5 Å². The van der Waals surface area contributed by atoms with Gasteiger partial charge in [-0.2, -0.15) is 0 Å². The molecule has 0 unspecified atom stereocenters. The summed E-state index contributed by atoms with van der Waals surface area (Å²) >= 11 is 1.37. The van der Waals surface area contributed by atoms with Crippen molar-refractivity contribution in [1.29, 1.82) is 0 Å². The lowest BCUT2D eigenvalue weighted by Crippen LogP contribution is -2.41. The highest BCUT2D eigenvalue weighted by atomic mass is 32.1. The Bertz CT molecular complexity index is 800. The Morgan fingerprint density at radius 2 is 1.93 bits per heavy atom. The van der Waals surface area contributed by atoms with Crippen molar-refractivity contribution in [3.63, 3.8) is 0 Å². The molecule has 1 fully saturated rings. The summed E-state index contributed by atoms with van der Waals surface area (Å²) in [6.07, 6.45) is 5.60. The molecule has 0 atom stereocenters. The van der Waals surface area contributed by atoms with Gasteiger partial charge >= 0.3 is 5.97 Å². The maximum Gasteiger partial charge on any atom is 0.357 e. The molecule has 0 spiro atoms. The molecule has 0 radical (unpaired) electrons. The first-order valence-electron chi connectivity index (χ1n) is 9.72. The monoisotopic (exact) mass is 404 g/mol. The van der Waals surface area contributed by atoms with E-state index in [0.717, 1.165) is 36.3 Å². The van der Waals surface area contributed by atoms with Gasteiger partial charge in [-0.1, -0.05) is 31.4 Å². The minimum Gasteiger partial charge on any atom is -0.461 e. The summed E-state index contributed by atoms with van der Waals surface area (Å²) < 4.78 is 18.1. The number of carbonyl (C=O) groups is 2. The molecule has 2 aromatic rings. The van der Waals surface area contributed by atoms with Gasteiger partial charge in [-0.15, -0.1) is 11.3 Å². The third-order valence-corrected chi connectivity index (χ3v) is 5.78. The van der Waals surface area contributed by atoms with Crippen molar-refractivity contribution in [3.8, 4) is 0 Å². The topological polar surface area (TPSA) is 59.5 Å². The number of esters is 1. The van der Waals surface area contributed by atoms with Crippen LogP contribution in [0.25, 0.3) is 0 Å². The molecule has 1 saturated carbocycles. The zero-order chi connectivity index (χ0) is 19.9. The minimum atomic E-state index is -0.438. The maximum atomic E-state index is 13.1. The molecular formula is C21H25FN2O3S. The van der Waals surface area contributed by atoms with E-state index < -0.39 is 5.97 Å². The number of rotatable bonds is 7. The van der Waals surface area contributed by atoms with Crippen LogP contribution in [0, 0.1) is 5.82 Å². The van der Waals surface area contributed by atoms with Crippen LogP contribution in [0.1, 0.15) is 60.1 Å². The second-order valence-electron chi connectivity index (χ2n) is 6.96. The molecule has 7 heteroatoms. The average molecular weight is 405 g/mol. The molecule has 1 heterocycles. The highest BCUT2D eigenvalue weighted by Crippen LogP contribution is 2.26. The highest BCUT2D eigenvalue weighted by Gasteiger charge is 2.27. The molecule has 0 N–H and O–H groups in total. The van der Waals surface area contributed by atoms with E-state index in [1.807, 2.05) is 4.90 Å². The Balaban J connectivity index is 1.74. The van der Waals surface area contributed by atoms with Crippen LogP contribution in [0.15, 0.2) is 29.6 Å². The van der Waals surface area contributed by atoms with Gasteiger partial charge in [-0.25, -0.2) is 14.2 Å². The molecule has 3 rings (SSSR count). The molecular weight excluding hydrogens is 379 g/mol. The molecule has 1 aromatic heterocycles. The number of halogens is 1. The third kappa shape index (κ3) is 5.38. The molecule has 0 bridgehead atoms. The zero-order valence-electron chi connectivity index (χ0n) is 16.0. The summed E-state index contributed by atoms with van der Waals surface area (Å²) in [5.74, 6) is -0.743. The normalized spacial score (nSPS) is 14.6. The van der Waals surface area contributed by atoms with Crippen LogP contribution in [0.5, 0.6) is 0 Å². The van der Waals surface area contributed by atoms with Crippen molar-refractivity contribution < 1.29 is 18.7 Å². The number of nitrogens with zero attached hydrogens (tertiary/aromatic N) is 2. The van der Waals surface area contributed by atoms with Crippen molar-refractivity contribution in [2.75, 3.05) is 6.61 Å². The predicted octanol–water partition coefficient (Wildman–Crippen LogP) is 4.36. The number of benzene rings is 1. The quantitative estimate of drug-likeness (QED) is 0.643. The molecule has 1 amide bonds. The summed E-state index contributed by atoms with van der Waals surface area (Å²) in [4.78, 5) is 31.2. The number of carbonyl (C=O) groups excluding carboxylic acids is 2. The van der Waals surface area contributed by atoms with E-state index in [2.05, 4.69) is 4.98 Å². The van der Waals surface area contributed by atoms with E-state index in [9.17, 15) is 14.0 Å². The summed E-state index contributed by atoms with van der Waals surface area (Å²) in [6, 6.07) is 6.22. The number of thiazole rings is 1. The fourth-order valence-electron chi connectivity index (χ4n) is 3.52. The number of amides is 1. The summed E-state index contributed by atoms with van der Waals surface area (Å²) in [5, 5.41) is 2.40. The molecule has 150 valence electrons. The Hall–Kier alpha value is -2.28. The molecule has 5 nitrogen and oxygen atoms in total. The number of aromatic nitrogens is 1. The summed E-state index contributed by atoms with van der Waals surface area (Å²) in [5.41, 5.74) is 1.08. The first-order chi connectivity index (χ1) is 13.6. The Morgan fingerprint density at radius 1 is 1.21 bits per heavy atom. The Kier molecular flexibility index (Phi) is 7.14. The van der Waals surface area contributed by atoms with Crippen molar-refractivity contribution >= 4 is 23.2 Å². The van der Waals surface area contributed by atoms with E-state index in [1.54, 1.807) is 24.4 Å². The minimum absolute atomic E-state index is 0.00592. The lowest BCUT2D eigenvalue weighted by atomic mass is 9.93. The molecule has 1 aromatic carbocycles. The predicted molar refractivity (Wildman–Crippen MR) is 106 cm³/mol. The van der Waals surface area contributed by atoms with Crippen LogP contribution in [-0.4, -0.2) is 34.4 Å². The van der Waals surface area contributed by atoms with E-state index in [-0.39, 0.29) is 29.9 Å². The largest absolute Gasteiger partial charge is 0.461 e. The first kappa shape index (κ1) is 20.5. The van der Waals surface area contributed by atoms with E-state index in [4.69, 9.17) is 4.74 Å². The van der Waals surface area contributed by atoms with E-state index in [0.29, 0.717) is 13.2 Å². The molecule has 1 aliphatic rings. The second-order valence-corrected chi connectivity index (χ2v) is 7.91. The van der Waals surface area contributed by atoms with Crippen LogP contribution in [0.4, 0.5) is 4.39 Å². The van der Waals surface area contributed by atoms with Crippen molar-refractivity contribution in [1.82, 2.24) is 9.88 Å². The first-order valence-corrected chi connectivity index (χ1v) is 10.6. The standard InChI is InChI=1S/C21H25FN2O3S/c1-2-27-21(26)18-14-28-19(23-18)13-24(17-6-4-3-5-7-17)20(25)12-15-8-10-16(22)11-9-15/h8-11,14,17H,2-7,12-13H2,1H3. The third-order valence-electron chi connectivity index (χ3n) is 4.95. The lowest BCUT2D eigenvalue weighted by Gasteiger charge is -2.34. The van der Waals surface area contributed by atoms with Crippen LogP contribution in [0.3, 0.4) is 0 Å². The van der Waals surface area contributed by atoms with Gasteiger partial charge in [0, 0.05) is 11.4 Å². The van der Waals surface area contributed by atoms with Gasteiger partial charge in [0.1, 0.15) is 10.8 Å². The van der Waals surface area contributed by atoms with Crippen LogP contribution < -0.4 is 0 Å². The van der Waals surface area contributed by atoms with Crippen molar-refractivity contribution in [3.05, 3.63) is 51.7 Å². The maximum absolute atomic E-state index is 13.1. The Morgan fingerprint density at radius 3 is 2.61 bits per heavy atom. The smallest absolute Gasteiger partial charge is 0.357 e. The zero-order valence-corrected chi connectivity index (χ0v) is 16.8. The van der Waals surface area contributed by atoms with Gasteiger partial charge in [-0.3, -0.25) is 4.79 Å². The fraction of sp³-hybridized carbons (Fsp3) is 0.476. The number of hydrogen-bond acceptors (Lipinski definition) is 5. The van der Waals surface area contributed by atoms with Gasteiger partial charge in [0.05, 0.1) is 19.6 Å². The van der Waals surface area contributed by atoms with Crippen molar-refractivity contribution in [2.24, 2.45) is 0 Å². The van der Waals surface area contributed by atoms with Crippen molar-refractivity contribution in [2.45, 2.75) is 58.0 Å². The molecule has 1 aliphatic carbocycles. The molecule has 0 saturated heterocycles. The Labute approximate surface area is 168 Å². The highest BCUT2D eigenvalue weighted by molar-refractivity contribution is 7.09. The fourth-order valence-corrected chi connectivity index (χ4v) is 4.28. The van der Waals surface area contributed by atoms with Gasteiger partial charge < -0.3 is 9.64 Å².